The number of nitrogens with zero attached hydrogens (tertiary/aromatic N) is 3. The van der Waals surface area contributed by atoms with Crippen molar-refractivity contribution in [2.45, 2.75) is 19.9 Å². The maximum Gasteiger partial charge on any atom is 0.280 e. The zero-order valence-corrected chi connectivity index (χ0v) is 15.5. The van der Waals surface area contributed by atoms with Gasteiger partial charge in [0.2, 0.25) is 5.91 Å². The van der Waals surface area contributed by atoms with Gasteiger partial charge in [-0.2, -0.15) is 0 Å². The lowest BCUT2D eigenvalue weighted by molar-refractivity contribution is -0.116. The van der Waals surface area contributed by atoms with Crippen LogP contribution in [0.1, 0.15) is 12.5 Å². The van der Waals surface area contributed by atoms with E-state index in [2.05, 4.69) is 17.2 Å². The fourth-order valence-electron chi connectivity index (χ4n) is 3.22. The van der Waals surface area contributed by atoms with Crippen molar-refractivity contribution in [3.05, 3.63) is 88.8 Å². The zero-order valence-electron chi connectivity index (χ0n) is 15.5. The van der Waals surface area contributed by atoms with Gasteiger partial charge in [0.05, 0.1) is 11.1 Å². The van der Waals surface area contributed by atoms with Gasteiger partial charge in [0.15, 0.2) is 5.65 Å². The molecule has 6 nitrogen and oxygen atoms in total. The normalized spacial score (nSPS) is 10.9. The highest BCUT2D eigenvalue weighted by atomic mass is 16.2. The molecule has 0 aliphatic heterocycles. The fraction of sp³-hybridized carbons (Fsp3) is 0.136. The Morgan fingerprint density at radius 1 is 1.00 bits per heavy atom. The van der Waals surface area contributed by atoms with E-state index in [1.54, 1.807) is 23.0 Å². The van der Waals surface area contributed by atoms with Crippen LogP contribution in [0.15, 0.2) is 77.7 Å². The Morgan fingerprint density at radius 2 is 1.75 bits per heavy atom. The Hall–Kier alpha value is -3.67. The van der Waals surface area contributed by atoms with E-state index in [9.17, 15) is 9.59 Å². The van der Waals surface area contributed by atoms with Crippen molar-refractivity contribution in [1.29, 1.82) is 0 Å². The highest BCUT2D eigenvalue weighted by Gasteiger charge is 2.17. The molecular weight excluding hydrogens is 352 g/mol. The highest BCUT2D eigenvalue weighted by molar-refractivity contribution is 5.91. The van der Waals surface area contributed by atoms with Gasteiger partial charge in [-0.05, 0) is 48.4 Å². The molecule has 0 bridgehead atoms. The number of carbonyl (C=O) groups is 1. The minimum Gasteiger partial charge on any atom is -0.324 e. The Balaban J connectivity index is 1.71. The first-order valence-electron chi connectivity index (χ1n) is 9.18. The first-order chi connectivity index (χ1) is 13.7. The second kappa shape index (κ2) is 7.52. The predicted octanol–water partition coefficient (Wildman–Crippen LogP) is 3.39. The van der Waals surface area contributed by atoms with Crippen LogP contribution in [0.5, 0.6) is 0 Å². The van der Waals surface area contributed by atoms with E-state index in [4.69, 9.17) is 0 Å². The van der Waals surface area contributed by atoms with Gasteiger partial charge < -0.3 is 5.32 Å². The third-order valence-electron chi connectivity index (χ3n) is 4.64. The Kier molecular flexibility index (Phi) is 4.76. The van der Waals surface area contributed by atoms with Crippen LogP contribution in [-0.2, 0) is 17.8 Å². The van der Waals surface area contributed by atoms with E-state index in [1.165, 1.54) is 10.2 Å². The molecule has 0 spiro atoms. The number of hydrogen-bond donors (Lipinski definition) is 1. The quantitative estimate of drug-likeness (QED) is 0.584. The van der Waals surface area contributed by atoms with Crippen LogP contribution < -0.4 is 10.9 Å². The van der Waals surface area contributed by atoms with Gasteiger partial charge >= 0.3 is 0 Å². The number of rotatable bonds is 5. The summed E-state index contributed by atoms with van der Waals surface area (Å²) in [7, 11) is 0. The van der Waals surface area contributed by atoms with Gasteiger partial charge in [0.25, 0.3) is 5.56 Å². The maximum atomic E-state index is 12.9. The van der Waals surface area contributed by atoms with Gasteiger partial charge in [0.1, 0.15) is 6.54 Å². The van der Waals surface area contributed by atoms with Crippen LogP contribution >= 0.6 is 0 Å². The minimum absolute atomic E-state index is 0.0276. The Bertz CT molecular complexity index is 1170. The number of hydrogen-bond acceptors (Lipinski definition) is 3. The Labute approximate surface area is 162 Å². The van der Waals surface area contributed by atoms with Crippen LogP contribution in [0.25, 0.3) is 16.7 Å². The lowest BCUT2D eigenvalue weighted by atomic mass is 10.1. The topological polar surface area (TPSA) is 68.9 Å². The Morgan fingerprint density at radius 3 is 2.46 bits per heavy atom. The number of carbonyl (C=O) groups excluding carboxylic acids is 1. The first kappa shape index (κ1) is 17.7. The molecule has 0 aliphatic carbocycles. The molecule has 2 aromatic carbocycles. The summed E-state index contributed by atoms with van der Waals surface area (Å²) in [6.45, 7) is 2.06. The third kappa shape index (κ3) is 3.32. The average Bonchev–Trinajstić information content (AvgIpc) is 3.01. The predicted molar refractivity (Wildman–Crippen MR) is 110 cm³/mol. The summed E-state index contributed by atoms with van der Waals surface area (Å²) in [4.78, 5) is 30.0. The smallest absolute Gasteiger partial charge is 0.280 e. The second-order valence-corrected chi connectivity index (χ2v) is 6.48. The van der Waals surface area contributed by atoms with Crippen LogP contribution in [0, 0.1) is 0 Å². The molecule has 0 unspecified atom stereocenters. The molecule has 6 heteroatoms. The van der Waals surface area contributed by atoms with E-state index in [1.807, 2.05) is 54.6 Å². The van der Waals surface area contributed by atoms with Crippen LogP contribution in [-0.4, -0.2) is 20.3 Å². The molecule has 4 aromatic rings. The van der Waals surface area contributed by atoms with Gasteiger partial charge in [-0.15, -0.1) is 0 Å². The van der Waals surface area contributed by atoms with Crippen molar-refractivity contribution in [1.82, 2.24) is 14.3 Å². The van der Waals surface area contributed by atoms with Gasteiger partial charge in [-0.3, -0.25) is 14.3 Å². The number of fused-ring (bicyclic) bond motifs is 1. The summed E-state index contributed by atoms with van der Waals surface area (Å²) in [5.41, 5.74) is 2.89. The molecular formula is C22H20N4O2. The molecule has 140 valence electrons. The van der Waals surface area contributed by atoms with E-state index >= 15 is 0 Å². The number of pyridine rings is 1. The number of para-hydroxylation sites is 1. The van der Waals surface area contributed by atoms with Crippen molar-refractivity contribution in [2.24, 2.45) is 0 Å². The molecule has 0 atom stereocenters. The molecule has 0 aliphatic rings. The lowest BCUT2D eigenvalue weighted by Crippen LogP contribution is -2.27. The van der Waals surface area contributed by atoms with Crippen LogP contribution in [0.3, 0.4) is 0 Å². The summed E-state index contributed by atoms with van der Waals surface area (Å²) in [6, 6.07) is 20.4. The number of benzene rings is 2. The molecule has 0 fully saturated rings. The molecule has 1 amide bonds. The molecule has 28 heavy (non-hydrogen) atoms. The second-order valence-electron chi connectivity index (χ2n) is 6.48. The number of anilines is 1. The molecule has 4 rings (SSSR count). The van der Waals surface area contributed by atoms with E-state index < -0.39 is 0 Å². The molecule has 1 N–H and O–H groups in total. The van der Waals surface area contributed by atoms with Crippen molar-refractivity contribution in [2.75, 3.05) is 5.32 Å². The van der Waals surface area contributed by atoms with Crippen molar-refractivity contribution in [3.8, 4) is 5.69 Å². The van der Waals surface area contributed by atoms with E-state index in [0.717, 1.165) is 12.1 Å². The molecule has 0 saturated carbocycles. The number of aryl methyl sites for hydroxylation is 1. The number of aromatic nitrogens is 3. The minimum atomic E-state index is -0.225. The van der Waals surface area contributed by atoms with Crippen molar-refractivity contribution < 1.29 is 4.79 Å². The van der Waals surface area contributed by atoms with Gasteiger partial charge in [0, 0.05) is 11.9 Å². The zero-order chi connectivity index (χ0) is 19.5. The monoisotopic (exact) mass is 372 g/mol. The molecule has 0 saturated heterocycles. The van der Waals surface area contributed by atoms with E-state index in [-0.39, 0.29) is 18.0 Å². The lowest BCUT2D eigenvalue weighted by Gasteiger charge is -2.12. The first-order valence-corrected chi connectivity index (χ1v) is 9.18. The number of nitrogens with one attached hydrogen (secondary N) is 1. The van der Waals surface area contributed by atoms with Crippen LogP contribution in [0.2, 0.25) is 0 Å². The summed E-state index contributed by atoms with van der Waals surface area (Å²) >= 11 is 0. The SMILES string of the molecule is CCc1ccc(NC(=O)Cn2c3ncccc3c(=O)n2-c2ccccc2)cc1. The van der Waals surface area contributed by atoms with Crippen LogP contribution in [0.4, 0.5) is 5.69 Å². The summed E-state index contributed by atoms with van der Waals surface area (Å²) in [5, 5.41) is 3.37. The van der Waals surface area contributed by atoms with E-state index in [0.29, 0.717) is 16.7 Å². The number of amides is 1. The largest absolute Gasteiger partial charge is 0.324 e. The maximum absolute atomic E-state index is 12.9. The van der Waals surface area contributed by atoms with Crippen molar-refractivity contribution in [3.63, 3.8) is 0 Å². The highest BCUT2D eigenvalue weighted by Crippen LogP contribution is 2.14. The third-order valence-corrected chi connectivity index (χ3v) is 4.64. The molecule has 0 radical (unpaired) electrons. The standard InChI is InChI=1S/C22H20N4O2/c1-2-16-10-12-17(13-11-16)24-20(27)15-25-21-19(9-6-14-23-21)22(28)26(25)18-7-4-3-5-8-18/h3-14H,2,15H2,1H3,(H,24,27). The molecule has 2 heterocycles. The van der Waals surface area contributed by atoms with Gasteiger partial charge in [-0.25, -0.2) is 9.67 Å². The van der Waals surface area contributed by atoms with Gasteiger partial charge in [-0.1, -0.05) is 37.3 Å². The molecule has 2 aromatic heterocycles. The summed E-state index contributed by atoms with van der Waals surface area (Å²) < 4.78 is 3.11. The fourth-order valence-corrected chi connectivity index (χ4v) is 3.22. The summed E-state index contributed by atoms with van der Waals surface area (Å²) in [6.07, 6.45) is 2.56. The average molecular weight is 372 g/mol. The summed E-state index contributed by atoms with van der Waals surface area (Å²) in [5.74, 6) is -0.225. The van der Waals surface area contributed by atoms with Crippen molar-refractivity contribution >= 4 is 22.6 Å².